The molecule has 16 heteroatoms. The van der Waals surface area contributed by atoms with Gasteiger partial charge in [-0.1, -0.05) is 24.8 Å². The van der Waals surface area contributed by atoms with Crippen LogP contribution >= 0.6 is 0 Å². The smallest absolute Gasteiger partial charge is 0.410 e. The summed E-state index contributed by atoms with van der Waals surface area (Å²) >= 11 is 0. The molecule has 1 aromatic carbocycles. The number of ketones is 1. The second-order valence-corrected chi connectivity index (χ2v) is 17.2. The number of fused-ring (bicyclic) bond motifs is 1. The van der Waals surface area contributed by atoms with Gasteiger partial charge in [0.05, 0.1) is 42.1 Å². The van der Waals surface area contributed by atoms with Gasteiger partial charge in [0, 0.05) is 38.5 Å². The Morgan fingerprint density at radius 3 is 2.41 bits per heavy atom. The number of likely N-dealkylation sites (N-methyl/N-ethyl adjacent to an activating group) is 1. The first-order valence-corrected chi connectivity index (χ1v) is 20.0. The fraction of sp³-hybridized carbons (Fsp3) is 0.579. The highest BCUT2D eigenvalue weighted by Crippen LogP contribution is 2.57. The van der Waals surface area contributed by atoms with Crippen molar-refractivity contribution in [1.82, 2.24) is 19.4 Å². The average Bonchev–Trinajstić information content (AvgIpc) is 3.93. The number of carbonyl (C=O) groups excluding carboxylic acids is 6. The first kappa shape index (κ1) is 39.1. The van der Waals surface area contributed by atoms with Crippen molar-refractivity contribution < 1.29 is 51.0 Å². The predicted octanol–water partition coefficient (Wildman–Crippen LogP) is 3.14. The van der Waals surface area contributed by atoms with E-state index in [0.717, 1.165) is 18.9 Å². The Balaban J connectivity index is 1.23. The van der Waals surface area contributed by atoms with Crippen molar-refractivity contribution in [2.75, 3.05) is 20.1 Å². The van der Waals surface area contributed by atoms with Gasteiger partial charge in [0.15, 0.2) is 5.78 Å². The number of allylic oxidation sites excluding steroid dienone is 1. The summed E-state index contributed by atoms with van der Waals surface area (Å²) in [6.07, 6.45) is 3.78. The SMILES string of the molecule is C=CC(=O)N(C)C[C@H](CC(=O)OC1CCCC1)C(=O)N1C[C@H](OC(=O)N2Cc3cccc(F)c3C2)C[C@H]1C(=O)C[C@]1(C(=O)NS(=O)(=O)C2CC2)C[C@H]1C=C. The number of sulfonamides is 1. The van der Waals surface area contributed by atoms with Gasteiger partial charge in [-0.2, -0.15) is 0 Å². The number of carbonyl (C=O) groups is 6. The summed E-state index contributed by atoms with van der Waals surface area (Å²) in [5, 5.41) is -0.670. The molecule has 0 unspecified atom stereocenters. The highest BCUT2D eigenvalue weighted by atomic mass is 32.2. The van der Waals surface area contributed by atoms with Gasteiger partial charge in [-0.15, -0.1) is 6.58 Å². The van der Waals surface area contributed by atoms with Crippen molar-refractivity contribution in [2.24, 2.45) is 17.3 Å². The van der Waals surface area contributed by atoms with Crippen LogP contribution in [0.15, 0.2) is 43.5 Å². The highest BCUT2D eigenvalue weighted by Gasteiger charge is 2.61. The van der Waals surface area contributed by atoms with E-state index < -0.39 is 98.9 Å². The zero-order valence-corrected chi connectivity index (χ0v) is 31.2. The molecule has 0 spiro atoms. The van der Waals surface area contributed by atoms with Crippen LogP contribution in [-0.4, -0.2) is 102 Å². The number of esters is 1. The summed E-state index contributed by atoms with van der Waals surface area (Å²) in [7, 11) is -2.48. The lowest BCUT2D eigenvalue weighted by Crippen LogP contribution is -2.48. The third-order valence-corrected chi connectivity index (χ3v) is 13.2. The van der Waals surface area contributed by atoms with Crippen molar-refractivity contribution in [3.05, 3.63) is 60.5 Å². The molecule has 0 radical (unpaired) electrons. The molecule has 2 heterocycles. The molecule has 0 aromatic heterocycles. The van der Waals surface area contributed by atoms with Crippen LogP contribution in [0.3, 0.4) is 0 Å². The van der Waals surface area contributed by atoms with Crippen molar-refractivity contribution in [2.45, 2.75) is 101 Å². The van der Waals surface area contributed by atoms with E-state index in [-0.39, 0.29) is 45.1 Å². The summed E-state index contributed by atoms with van der Waals surface area (Å²) in [5.41, 5.74) is -0.413. The van der Waals surface area contributed by atoms with E-state index >= 15 is 0 Å². The maximum atomic E-state index is 14.5. The third-order valence-electron chi connectivity index (χ3n) is 11.3. The molecule has 54 heavy (non-hydrogen) atoms. The van der Waals surface area contributed by atoms with Crippen molar-refractivity contribution in [1.29, 1.82) is 0 Å². The fourth-order valence-corrected chi connectivity index (χ4v) is 9.33. The summed E-state index contributed by atoms with van der Waals surface area (Å²) in [5.74, 6) is -5.29. The first-order chi connectivity index (χ1) is 25.6. The van der Waals surface area contributed by atoms with Crippen molar-refractivity contribution >= 4 is 45.6 Å². The monoisotopic (exact) mass is 770 g/mol. The van der Waals surface area contributed by atoms with Crippen LogP contribution in [-0.2, 0) is 56.6 Å². The molecule has 4 fully saturated rings. The minimum absolute atomic E-state index is 0.0300. The fourth-order valence-electron chi connectivity index (χ4n) is 7.95. The molecule has 0 bridgehead atoms. The van der Waals surface area contributed by atoms with E-state index in [1.54, 1.807) is 12.1 Å². The summed E-state index contributed by atoms with van der Waals surface area (Å²) < 4.78 is 53.4. The maximum absolute atomic E-state index is 14.5. The van der Waals surface area contributed by atoms with E-state index in [1.165, 1.54) is 33.9 Å². The summed E-state index contributed by atoms with van der Waals surface area (Å²) in [6.45, 7) is 6.86. The molecular formula is C38H47FN4O10S. The second kappa shape index (κ2) is 15.6. The molecule has 5 aliphatic rings. The summed E-state index contributed by atoms with van der Waals surface area (Å²) in [4.78, 5) is 85.1. The van der Waals surface area contributed by atoms with E-state index in [2.05, 4.69) is 17.9 Å². The van der Waals surface area contributed by atoms with Gasteiger partial charge in [0.1, 0.15) is 18.0 Å². The Kier molecular flexibility index (Phi) is 11.3. The largest absolute Gasteiger partial charge is 0.462 e. The van der Waals surface area contributed by atoms with Gasteiger partial charge >= 0.3 is 12.1 Å². The number of benzene rings is 1. The lowest BCUT2D eigenvalue weighted by Gasteiger charge is -2.30. The second-order valence-electron chi connectivity index (χ2n) is 15.2. The van der Waals surface area contributed by atoms with Gasteiger partial charge in [-0.05, 0) is 68.6 Å². The van der Waals surface area contributed by atoms with E-state index in [9.17, 15) is 41.6 Å². The van der Waals surface area contributed by atoms with Crippen LogP contribution in [0.1, 0.15) is 75.3 Å². The zero-order chi connectivity index (χ0) is 38.9. The van der Waals surface area contributed by atoms with Crippen molar-refractivity contribution in [3.63, 3.8) is 0 Å². The van der Waals surface area contributed by atoms with Crippen LogP contribution in [0.4, 0.5) is 9.18 Å². The van der Waals surface area contributed by atoms with Gasteiger partial charge in [0.2, 0.25) is 27.7 Å². The maximum Gasteiger partial charge on any atom is 0.410 e. The minimum Gasteiger partial charge on any atom is -0.462 e. The Hall–Kier alpha value is -4.60. The van der Waals surface area contributed by atoms with Crippen LogP contribution in [0.5, 0.6) is 0 Å². The summed E-state index contributed by atoms with van der Waals surface area (Å²) in [6, 6.07) is 3.33. The molecule has 1 N–H and O–H groups in total. The molecule has 5 atom stereocenters. The van der Waals surface area contributed by atoms with Gasteiger partial charge in [-0.25, -0.2) is 17.6 Å². The Morgan fingerprint density at radius 2 is 1.78 bits per heavy atom. The Bertz CT molecular complexity index is 1840. The minimum atomic E-state index is -3.92. The average molecular weight is 771 g/mol. The molecular weight excluding hydrogens is 724 g/mol. The predicted molar refractivity (Wildman–Crippen MR) is 191 cm³/mol. The highest BCUT2D eigenvalue weighted by molar-refractivity contribution is 7.90. The van der Waals surface area contributed by atoms with Crippen LogP contribution < -0.4 is 4.72 Å². The lowest BCUT2D eigenvalue weighted by molar-refractivity contribution is -0.154. The van der Waals surface area contributed by atoms with E-state index in [1.807, 2.05) is 0 Å². The molecule has 6 rings (SSSR count). The molecule has 292 valence electrons. The number of Topliss-reactive ketones (excluding diaryl/α,β-unsaturated/α-hetero) is 1. The third kappa shape index (κ3) is 8.37. The Morgan fingerprint density at radius 1 is 1.06 bits per heavy atom. The lowest BCUT2D eigenvalue weighted by atomic mass is 9.91. The Labute approximate surface area is 314 Å². The van der Waals surface area contributed by atoms with E-state index in [0.29, 0.717) is 36.8 Å². The van der Waals surface area contributed by atoms with Crippen LogP contribution in [0, 0.1) is 23.1 Å². The van der Waals surface area contributed by atoms with Crippen molar-refractivity contribution in [3.8, 4) is 0 Å². The topological polar surface area (TPSA) is 177 Å². The van der Waals surface area contributed by atoms with E-state index in [4.69, 9.17) is 9.47 Å². The number of ether oxygens (including phenoxy) is 2. The van der Waals surface area contributed by atoms with Crippen LogP contribution in [0.2, 0.25) is 0 Å². The van der Waals surface area contributed by atoms with Gasteiger partial charge in [0.25, 0.3) is 0 Å². The number of rotatable bonds is 15. The molecule has 3 aliphatic carbocycles. The number of hydrogen-bond donors (Lipinski definition) is 1. The van der Waals surface area contributed by atoms with Crippen LogP contribution in [0.25, 0.3) is 0 Å². The molecule has 1 aromatic rings. The number of halogens is 1. The quantitative estimate of drug-likeness (QED) is 0.158. The number of nitrogens with zero attached hydrogens (tertiary/aromatic N) is 3. The number of likely N-dealkylation sites (tertiary alicyclic amines) is 1. The van der Waals surface area contributed by atoms with Gasteiger partial charge < -0.3 is 19.3 Å². The number of amides is 4. The zero-order valence-electron chi connectivity index (χ0n) is 30.4. The molecule has 14 nitrogen and oxygen atoms in total. The van der Waals surface area contributed by atoms with Gasteiger partial charge in [-0.3, -0.25) is 33.6 Å². The molecule has 4 amide bonds. The number of hydrogen-bond acceptors (Lipinski definition) is 10. The first-order valence-electron chi connectivity index (χ1n) is 18.5. The standard InChI is InChI=1S/C38H47FN4O10S/c1-4-25-17-38(25,36(48)40-54(50,51)28-13-14-28)18-32(44)31-16-27(53-37(49)42-20-23-9-8-12-30(39)29(23)22-42)21-43(31)35(47)24(19-41(3)33(45)5-2)15-34(46)52-26-10-6-7-11-26/h4-5,8-9,12,24-28,31H,1-2,6-7,10-11,13-22H2,3H3,(H,40,48)/t24-,25+,27+,31-,38+/m0/s1. The molecule has 3 saturated carbocycles. The molecule has 2 aliphatic heterocycles. The normalized spacial score (nSPS) is 25.3. The number of nitrogens with one attached hydrogen (secondary N) is 1. The molecule has 1 saturated heterocycles.